The van der Waals surface area contributed by atoms with Gasteiger partial charge in [-0.15, -0.1) is 11.8 Å². The topological polar surface area (TPSA) is 84.9 Å². The number of carbonyl (C=O) groups is 3. The standard InChI is InChI=1S/C20H26N2O5S/c1-20(2,3)27-19(25)22-10-9-16(23)15(12-22)17(28-5)21-14-8-6-7-13(11-14)18(24)26-4/h6-8,11,21H,9-10,12H2,1-5H3/b17-15+. The number of ether oxygens (including phenoxy) is 2. The molecule has 1 fully saturated rings. The summed E-state index contributed by atoms with van der Waals surface area (Å²) in [5, 5.41) is 3.83. The number of ketones is 1. The molecule has 0 spiro atoms. The number of nitrogens with zero attached hydrogens (tertiary/aromatic N) is 1. The minimum atomic E-state index is -0.600. The van der Waals surface area contributed by atoms with Crippen LogP contribution >= 0.6 is 11.8 Å². The highest BCUT2D eigenvalue weighted by Crippen LogP contribution is 2.26. The predicted molar refractivity (Wildman–Crippen MR) is 109 cm³/mol. The first-order valence-electron chi connectivity index (χ1n) is 8.88. The normalized spacial score (nSPS) is 16.5. The summed E-state index contributed by atoms with van der Waals surface area (Å²) in [6.45, 7) is 5.92. The van der Waals surface area contributed by atoms with Crippen molar-refractivity contribution in [3.63, 3.8) is 0 Å². The minimum Gasteiger partial charge on any atom is -0.465 e. The molecule has 2 rings (SSSR count). The van der Waals surface area contributed by atoms with Crippen molar-refractivity contribution in [3.05, 3.63) is 40.4 Å². The summed E-state index contributed by atoms with van der Waals surface area (Å²) >= 11 is 1.37. The first kappa shape index (κ1) is 21.8. The van der Waals surface area contributed by atoms with Gasteiger partial charge >= 0.3 is 12.1 Å². The second-order valence-corrected chi connectivity index (χ2v) is 8.10. The second-order valence-electron chi connectivity index (χ2n) is 7.28. The van der Waals surface area contributed by atoms with E-state index in [2.05, 4.69) is 5.32 Å². The lowest BCUT2D eigenvalue weighted by Gasteiger charge is -2.31. The number of esters is 1. The van der Waals surface area contributed by atoms with Crippen LogP contribution in [0.4, 0.5) is 10.5 Å². The fraction of sp³-hybridized carbons (Fsp3) is 0.450. The van der Waals surface area contributed by atoms with Crippen LogP contribution in [0.5, 0.6) is 0 Å². The summed E-state index contributed by atoms with van der Waals surface area (Å²) in [7, 11) is 1.32. The van der Waals surface area contributed by atoms with Gasteiger partial charge in [0, 0.05) is 24.2 Å². The van der Waals surface area contributed by atoms with E-state index in [0.717, 1.165) is 0 Å². The van der Waals surface area contributed by atoms with E-state index in [0.29, 0.717) is 28.4 Å². The lowest BCUT2D eigenvalue weighted by atomic mass is 10.0. The van der Waals surface area contributed by atoms with Crippen LogP contribution in [-0.4, -0.2) is 54.8 Å². The highest BCUT2D eigenvalue weighted by Gasteiger charge is 2.30. The predicted octanol–water partition coefficient (Wildman–Crippen LogP) is 3.67. The zero-order chi connectivity index (χ0) is 20.9. The van der Waals surface area contributed by atoms with Crippen LogP contribution < -0.4 is 5.32 Å². The van der Waals surface area contributed by atoms with Crippen molar-refractivity contribution in [3.8, 4) is 0 Å². The highest BCUT2D eigenvalue weighted by molar-refractivity contribution is 8.02. The molecule has 0 atom stereocenters. The summed E-state index contributed by atoms with van der Waals surface area (Å²) in [5.41, 5.74) is 0.982. The Bertz CT molecular complexity index is 798. The Morgan fingerprint density at radius 1 is 1.25 bits per heavy atom. The SMILES string of the molecule is COC(=O)c1cccc(N/C(SC)=C2/CN(C(=O)OC(C)(C)C)CCC2=O)c1. The molecule has 0 radical (unpaired) electrons. The van der Waals surface area contributed by atoms with E-state index in [4.69, 9.17) is 9.47 Å². The molecule has 0 aromatic heterocycles. The van der Waals surface area contributed by atoms with E-state index in [-0.39, 0.29) is 18.7 Å². The van der Waals surface area contributed by atoms with E-state index in [1.54, 1.807) is 45.0 Å². The summed E-state index contributed by atoms with van der Waals surface area (Å²) in [4.78, 5) is 38.1. The maximum absolute atomic E-state index is 12.5. The molecule has 1 aliphatic heterocycles. The van der Waals surface area contributed by atoms with Crippen molar-refractivity contribution in [2.24, 2.45) is 0 Å². The van der Waals surface area contributed by atoms with Gasteiger partial charge in [-0.25, -0.2) is 9.59 Å². The largest absolute Gasteiger partial charge is 0.465 e. The van der Waals surface area contributed by atoms with Crippen LogP contribution in [0.1, 0.15) is 37.6 Å². The van der Waals surface area contributed by atoms with Gasteiger partial charge in [0.1, 0.15) is 5.60 Å². The van der Waals surface area contributed by atoms with Crippen LogP contribution in [0.3, 0.4) is 0 Å². The fourth-order valence-corrected chi connectivity index (χ4v) is 3.29. The van der Waals surface area contributed by atoms with Crippen molar-refractivity contribution in [2.75, 3.05) is 31.8 Å². The number of rotatable bonds is 4. The van der Waals surface area contributed by atoms with Gasteiger partial charge in [-0.1, -0.05) is 6.07 Å². The number of piperidine rings is 1. The van der Waals surface area contributed by atoms with E-state index in [1.165, 1.54) is 23.8 Å². The van der Waals surface area contributed by atoms with E-state index < -0.39 is 17.7 Å². The zero-order valence-corrected chi connectivity index (χ0v) is 17.6. The molecule has 1 saturated heterocycles. The van der Waals surface area contributed by atoms with Crippen LogP contribution in [0.15, 0.2) is 34.9 Å². The molecule has 8 heteroatoms. The van der Waals surface area contributed by atoms with Crippen LogP contribution in [-0.2, 0) is 14.3 Å². The van der Waals surface area contributed by atoms with Gasteiger partial charge in [0.05, 0.1) is 24.2 Å². The number of likely N-dealkylation sites (tertiary alicyclic amines) is 1. The second kappa shape index (κ2) is 9.14. The molecule has 7 nitrogen and oxygen atoms in total. The number of hydrogen-bond donors (Lipinski definition) is 1. The van der Waals surface area contributed by atoms with Gasteiger partial charge in [0.2, 0.25) is 0 Å². The fourth-order valence-electron chi connectivity index (χ4n) is 2.65. The Kier molecular flexibility index (Phi) is 7.12. The zero-order valence-electron chi connectivity index (χ0n) is 16.8. The van der Waals surface area contributed by atoms with Crippen molar-refractivity contribution in [2.45, 2.75) is 32.8 Å². The molecule has 0 aliphatic carbocycles. The molecule has 152 valence electrons. The number of amides is 1. The van der Waals surface area contributed by atoms with Crippen LogP contribution in [0.25, 0.3) is 0 Å². The van der Waals surface area contributed by atoms with Gasteiger partial charge in [-0.3, -0.25) is 4.79 Å². The third-order valence-electron chi connectivity index (χ3n) is 3.97. The maximum atomic E-state index is 12.5. The highest BCUT2D eigenvalue weighted by atomic mass is 32.2. The van der Waals surface area contributed by atoms with Gasteiger partial charge in [-0.2, -0.15) is 0 Å². The summed E-state index contributed by atoms with van der Waals surface area (Å²) in [5.74, 6) is -0.451. The van der Waals surface area contributed by atoms with Crippen molar-refractivity contribution >= 4 is 35.3 Å². The Labute approximate surface area is 169 Å². The summed E-state index contributed by atoms with van der Waals surface area (Å²) in [6, 6.07) is 6.83. The number of anilines is 1. The number of Topliss-reactive ketones (excluding diaryl/α,β-unsaturated/α-hetero) is 1. The molecule has 1 aromatic rings. The van der Waals surface area contributed by atoms with Crippen molar-refractivity contribution < 1.29 is 23.9 Å². The van der Waals surface area contributed by atoms with Gasteiger partial charge < -0.3 is 19.7 Å². The maximum Gasteiger partial charge on any atom is 0.410 e. The Balaban J connectivity index is 2.24. The van der Waals surface area contributed by atoms with Gasteiger partial charge in [-0.05, 0) is 45.2 Å². The third kappa shape index (κ3) is 5.76. The molecule has 0 saturated carbocycles. The lowest BCUT2D eigenvalue weighted by Crippen LogP contribution is -2.43. The number of thioether (sulfide) groups is 1. The van der Waals surface area contributed by atoms with Gasteiger partial charge in [0.25, 0.3) is 0 Å². The van der Waals surface area contributed by atoms with E-state index in [9.17, 15) is 14.4 Å². The minimum absolute atomic E-state index is 0.0132. The lowest BCUT2D eigenvalue weighted by molar-refractivity contribution is -0.117. The quantitative estimate of drug-likeness (QED) is 0.603. The number of nitrogens with one attached hydrogen (secondary N) is 1. The average Bonchev–Trinajstić information content (AvgIpc) is 2.64. The molecule has 0 unspecified atom stereocenters. The number of hydrogen-bond acceptors (Lipinski definition) is 7. The Hall–Kier alpha value is -2.48. The first-order chi connectivity index (χ1) is 13.1. The monoisotopic (exact) mass is 406 g/mol. The Morgan fingerprint density at radius 3 is 2.57 bits per heavy atom. The molecular formula is C20H26N2O5S. The molecule has 0 bridgehead atoms. The number of carbonyl (C=O) groups excluding carboxylic acids is 3. The number of methoxy groups -OCH3 is 1. The molecule has 1 amide bonds. The van der Waals surface area contributed by atoms with Crippen LogP contribution in [0.2, 0.25) is 0 Å². The van der Waals surface area contributed by atoms with Crippen molar-refractivity contribution in [1.82, 2.24) is 4.90 Å². The average molecular weight is 407 g/mol. The molecule has 1 heterocycles. The Morgan fingerprint density at radius 2 is 1.96 bits per heavy atom. The summed E-state index contributed by atoms with van der Waals surface area (Å²) in [6.07, 6.45) is 1.65. The molecular weight excluding hydrogens is 380 g/mol. The molecule has 1 N–H and O–H groups in total. The van der Waals surface area contributed by atoms with Crippen LogP contribution in [0, 0.1) is 0 Å². The smallest absolute Gasteiger partial charge is 0.410 e. The first-order valence-corrected chi connectivity index (χ1v) is 10.1. The molecule has 28 heavy (non-hydrogen) atoms. The molecule has 1 aromatic carbocycles. The molecule has 1 aliphatic rings. The van der Waals surface area contributed by atoms with E-state index >= 15 is 0 Å². The summed E-state index contributed by atoms with van der Waals surface area (Å²) < 4.78 is 10.2. The van der Waals surface area contributed by atoms with Gasteiger partial charge in [0.15, 0.2) is 5.78 Å². The number of benzene rings is 1. The van der Waals surface area contributed by atoms with E-state index in [1.807, 2.05) is 6.26 Å². The third-order valence-corrected chi connectivity index (χ3v) is 4.72. The van der Waals surface area contributed by atoms with Crippen molar-refractivity contribution in [1.29, 1.82) is 0 Å².